The van der Waals surface area contributed by atoms with Crippen molar-refractivity contribution in [1.82, 2.24) is 20.2 Å². The van der Waals surface area contributed by atoms with Crippen LogP contribution in [-0.2, 0) is 17.9 Å². The fourth-order valence-electron chi connectivity index (χ4n) is 2.19. The molecule has 0 radical (unpaired) electrons. The van der Waals surface area contributed by atoms with Gasteiger partial charge < -0.3 is 9.73 Å². The van der Waals surface area contributed by atoms with Crippen LogP contribution in [0.2, 0.25) is 0 Å². The molecule has 2 heterocycles. The second kappa shape index (κ2) is 7.31. The molecule has 9 heteroatoms. The Kier molecular flexibility index (Phi) is 4.94. The summed E-state index contributed by atoms with van der Waals surface area (Å²) in [5.74, 6) is -0.0710. The lowest BCUT2D eigenvalue weighted by Crippen LogP contribution is -2.41. The molecule has 0 aliphatic heterocycles. The van der Waals surface area contributed by atoms with Crippen molar-refractivity contribution in [2.75, 3.05) is 0 Å². The van der Waals surface area contributed by atoms with E-state index in [0.29, 0.717) is 16.7 Å². The molecular formula is C16H13BrN4O4. The van der Waals surface area contributed by atoms with Gasteiger partial charge in [-0.3, -0.25) is 19.5 Å². The topological polar surface area (TPSA) is 106 Å². The third kappa shape index (κ3) is 4.13. The first-order valence-electron chi connectivity index (χ1n) is 7.28. The molecule has 1 aromatic carbocycles. The van der Waals surface area contributed by atoms with E-state index in [-0.39, 0.29) is 18.6 Å². The largest absolute Gasteiger partial charge is 0.467 e. The Morgan fingerprint density at radius 2 is 2.12 bits per heavy atom. The summed E-state index contributed by atoms with van der Waals surface area (Å²) in [7, 11) is 0. The molecular weight excluding hydrogens is 392 g/mol. The number of hydrogen-bond acceptors (Lipinski definition) is 5. The number of furan rings is 1. The maximum atomic E-state index is 12.4. The molecule has 25 heavy (non-hydrogen) atoms. The van der Waals surface area contributed by atoms with Crippen LogP contribution in [0.25, 0.3) is 10.9 Å². The Balaban J connectivity index is 1.64. The summed E-state index contributed by atoms with van der Waals surface area (Å²) in [5, 5.41) is 5.01. The molecule has 0 saturated carbocycles. The summed E-state index contributed by atoms with van der Waals surface area (Å²) in [5.41, 5.74) is 0.165. The average molecular weight is 405 g/mol. The Hall–Kier alpha value is -2.94. The van der Waals surface area contributed by atoms with Gasteiger partial charge in [0, 0.05) is 4.47 Å². The van der Waals surface area contributed by atoms with Crippen LogP contribution in [0.15, 0.2) is 56.6 Å². The molecule has 128 valence electrons. The van der Waals surface area contributed by atoms with Crippen molar-refractivity contribution in [3.05, 3.63) is 63.5 Å². The third-order valence-electron chi connectivity index (χ3n) is 3.36. The van der Waals surface area contributed by atoms with E-state index in [2.05, 4.69) is 31.5 Å². The zero-order valence-corrected chi connectivity index (χ0v) is 14.4. The highest BCUT2D eigenvalue weighted by Crippen LogP contribution is 2.14. The van der Waals surface area contributed by atoms with Gasteiger partial charge in [0.15, 0.2) is 0 Å². The summed E-state index contributed by atoms with van der Waals surface area (Å²) in [6, 6.07) is 7.82. The third-order valence-corrected chi connectivity index (χ3v) is 3.85. The van der Waals surface area contributed by atoms with Crippen LogP contribution in [0.3, 0.4) is 0 Å². The lowest BCUT2D eigenvalue weighted by molar-refractivity contribution is -0.120. The monoisotopic (exact) mass is 404 g/mol. The van der Waals surface area contributed by atoms with Gasteiger partial charge in [-0.1, -0.05) is 15.9 Å². The number of urea groups is 1. The minimum Gasteiger partial charge on any atom is -0.467 e. The predicted octanol–water partition coefficient (Wildman–Crippen LogP) is 1.78. The number of aromatic nitrogens is 2. The van der Waals surface area contributed by atoms with Crippen molar-refractivity contribution in [3.8, 4) is 0 Å². The fourth-order valence-corrected chi connectivity index (χ4v) is 2.55. The average Bonchev–Trinajstić information content (AvgIpc) is 3.09. The number of fused-ring (bicyclic) bond motifs is 1. The first-order chi connectivity index (χ1) is 12.0. The van der Waals surface area contributed by atoms with Gasteiger partial charge in [0.25, 0.3) is 5.56 Å². The van der Waals surface area contributed by atoms with Gasteiger partial charge in [0.05, 0.1) is 30.0 Å². The zero-order chi connectivity index (χ0) is 17.8. The van der Waals surface area contributed by atoms with Gasteiger partial charge in [-0.25, -0.2) is 9.78 Å². The van der Waals surface area contributed by atoms with Crippen LogP contribution in [0.1, 0.15) is 5.76 Å². The van der Waals surface area contributed by atoms with Crippen molar-refractivity contribution in [2.24, 2.45) is 0 Å². The fraction of sp³-hybridized carbons (Fsp3) is 0.125. The van der Waals surface area contributed by atoms with E-state index in [9.17, 15) is 14.4 Å². The van der Waals surface area contributed by atoms with E-state index in [4.69, 9.17) is 4.42 Å². The number of halogens is 1. The molecule has 0 unspecified atom stereocenters. The highest BCUT2D eigenvalue weighted by atomic mass is 79.9. The van der Waals surface area contributed by atoms with Crippen LogP contribution in [0.4, 0.5) is 4.79 Å². The van der Waals surface area contributed by atoms with Crippen molar-refractivity contribution in [3.63, 3.8) is 0 Å². The molecule has 0 aliphatic rings. The van der Waals surface area contributed by atoms with Crippen molar-refractivity contribution < 1.29 is 14.0 Å². The Bertz CT molecular complexity index is 981. The van der Waals surface area contributed by atoms with Gasteiger partial charge in [0.2, 0.25) is 5.91 Å². The van der Waals surface area contributed by atoms with Gasteiger partial charge >= 0.3 is 6.03 Å². The molecule has 3 rings (SSSR count). The van der Waals surface area contributed by atoms with Gasteiger partial charge in [0.1, 0.15) is 12.3 Å². The maximum Gasteiger partial charge on any atom is 0.321 e. The Morgan fingerprint density at radius 3 is 2.88 bits per heavy atom. The van der Waals surface area contributed by atoms with E-state index < -0.39 is 11.9 Å². The SMILES string of the molecule is O=C(Cn1cnc2ccc(Br)cc2c1=O)NC(=O)NCc1ccco1. The Labute approximate surface area is 150 Å². The zero-order valence-electron chi connectivity index (χ0n) is 12.9. The van der Waals surface area contributed by atoms with Gasteiger partial charge in [-0.2, -0.15) is 0 Å². The molecule has 0 saturated heterocycles. The summed E-state index contributed by atoms with van der Waals surface area (Å²) >= 11 is 3.29. The van der Waals surface area contributed by atoms with Crippen molar-refractivity contribution in [1.29, 1.82) is 0 Å². The van der Waals surface area contributed by atoms with Crippen molar-refractivity contribution >= 4 is 38.8 Å². The van der Waals surface area contributed by atoms with E-state index in [1.165, 1.54) is 12.6 Å². The number of carbonyl (C=O) groups is 2. The quantitative estimate of drug-likeness (QED) is 0.689. The highest BCUT2D eigenvalue weighted by molar-refractivity contribution is 9.10. The second-order valence-electron chi connectivity index (χ2n) is 5.15. The van der Waals surface area contributed by atoms with E-state index >= 15 is 0 Å². The molecule has 2 aromatic heterocycles. The maximum absolute atomic E-state index is 12.4. The molecule has 8 nitrogen and oxygen atoms in total. The molecule has 0 aliphatic carbocycles. The van der Waals surface area contributed by atoms with Crippen LogP contribution >= 0.6 is 15.9 Å². The molecule has 2 N–H and O–H groups in total. The minimum absolute atomic E-state index is 0.150. The second-order valence-corrected chi connectivity index (χ2v) is 6.06. The molecule has 3 amide bonds. The molecule has 3 aromatic rings. The number of nitrogens with one attached hydrogen (secondary N) is 2. The smallest absolute Gasteiger partial charge is 0.321 e. The number of amides is 3. The van der Waals surface area contributed by atoms with Gasteiger partial charge in [-0.15, -0.1) is 0 Å². The summed E-state index contributed by atoms with van der Waals surface area (Å²) < 4.78 is 6.94. The first-order valence-corrected chi connectivity index (χ1v) is 8.07. The lowest BCUT2D eigenvalue weighted by atomic mass is 10.2. The molecule has 0 spiro atoms. The summed E-state index contributed by atoms with van der Waals surface area (Å²) in [4.78, 5) is 40.2. The number of nitrogens with zero attached hydrogens (tertiary/aromatic N) is 2. The standard InChI is InChI=1S/C16H13BrN4O4/c17-10-3-4-13-12(6-10)15(23)21(9-19-13)8-14(22)20-16(24)18-7-11-2-1-5-25-11/h1-6,9H,7-8H2,(H2,18,20,22,24). The van der Waals surface area contributed by atoms with Crippen molar-refractivity contribution in [2.45, 2.75) is 13.1 Å². The normalized spacial score (nSPS) is 10.6. The Morgan fingerprint density at radius 1 is 1.28 bits per heavy atom. The number of benzene rings is 1. The number of hydrogen-bond donors (Lipinski definition) is 2. The molecule has 0 atom stereocenters. The summed E-state index contributed by atoms with van der Waals surface area (Å²) in [6.07, 6.45) is 2.76. The van der Waals surface area contributed by atoms with E-state index in [1.807, 2.05) is 0 Å². The number of imide groups is 1. The van der Waals surface area contributed by atoms with E-state index in [0.717, 1.165) is 9.04 Å². The van der Waals surface area contributed by atoms with Gasteiger partial charge in [-0.05, 0) is 30.3 Å². The molecule has 0 bridgehead atoms. The van der Waals surface area contributed by atoms with Crippen LogP contribution in [0.5, 0.6) is 0 Å². The number of rotatable bonds is 4. The highest BCUT2D eigenvalue weighted by Gasteiger charge is 2.11. The lowest BCUT2D eigenvalue weighted by Gasteiger charge is -2.08. The van der Waals surface area contributed by atoms with E-state index in [1.54, 1.807) is 30.3 Å². The van der Waals surface area contributed by atoms with Crippen LogP contribution < -0.4 is 16.2 Å². The molecule has 0 fully saturated rings. The number of carbonyl (C=O) groups excluding carboxylic acids is 2. The summed E-state index contributed by atoms with van der Waals surface area (Å²) in [6.45, 7) is -0.167. The minimum atomic E-state index is -0.675. The van der Waals surface area contributed by atoms with Crippen LogP contribution in [0, 0.1) is 0 Å². The van der Waals surface area contributed by atoms with Crippen LogP contribution in [-0.4, -0.2) is 21.5 Å². The predicted molar refractivity (Wildman–Crippen MR) is 92.8 cm³/mol. The first kappa shape index (κ1) is 16.9.